The lowest BCUT2D eigenvalue weighted by molar-refractivity contribution is -0.115. The molecule has 1 amide bonds. The fourth-order valence-electron chi connectivity index (χ4n) is 4.35. The van der Waals surface area contributed by atoms with Crippen molar-refractivity contribution in [3.63, 3.8) is 0 Å². The number of hydrogen-bond acceptors (Lipinski definition) is 3. The lowest BCUT2D eigenvalue weighted by Crippen LogP contribution is -2.28. The smallest absolute Gasteiger partial charge is 0.241 e. The van der Waals surface area contributed by atoms with Crippen LogP contribution in [0.4, 0.5) is 22.7 Å². The quantitative estimate of drug-likeness (QED) is 0.217. The summed E-state index contributed by atoms with van der Waals surface area (Å²) in [7, 11) is 0. The van der Waals surface area contributed by atoms with Crippen molar-refractivity contribution in [3.8, 4) is 0 Å². The predicted octanol–water partition coefficient (Wildman–Crippen LogP) is 7.36. The molecule has 6 heteroatoms. The second-order valence-electron chi connectivity index (χ2n) is 8.75. The van der Waals surface area contributed by atoms with Crippen LogP contribution < -0.4 is 15.5 Å². The maximum atomic E-state index is 13.6. The lowest BCUT2D eigenvalue weighted by atomic mass is 10.0. The molecule has 0 aromatic heterocycles. The average Bonchev–Trinajstić information content (AvgIpc) is 3.06. The van der Waals surface area contributed by atoms with Gasteiger partial charge in [0.15, 0.2) is 5.11 Å². The molecule has 1 aliphatic rings. The number of anilines is 4. The summed E-state index contributed by atoms with van der Waals surface area (Å²) in [6.07, 6.45) is 1.85. The summed E-state index contributed by atoms with van der Waals surface area (Å²) in [5.74, 6) is 0.398. The molecule has 0 fully saturated rings. The highest BCUT2D eigenvalue weighted by molar-refractivity contribution is 8.00. The van der Waals surface area contributed by atoms with Crippen molar-refractivity contribution in [3.05, 3.63) is 114 Å². The third-order valence-electron chi connectivity index (χ3n) is 6.14. The van der Waals surface area contributed by atoms with Crippen LogP contribution in [0.3, 0.4) is 0 Å². The molecule has 1 heterocycles. The van der Waals surface area contributed by atoms with Crippen molar-refractivity contribution in [1.82, 2.24) is 0 Å². The number of amides is 1. The van der Waals surface area contributed by atoms with Gasteiger partial charge in [0.05, 0.1) is 17.1 Å². The first-order valence-corrected chi connectivity index (χ1v) is 13.3. The van der Waals surface area contributed by atoms with E-state index >= 15 is 0 Å². The van der Waals surface area contributed by atoms with Crippen LogP contribution in [0.15, 0.2) is 102 Å². The number of benzene rings is 4. The van der Waals surface area contributed by atoms with Gasteiger partial charge in [0.1, 0.15) is 0 Å². The van der Waals surface area contributed by atoms with Gasteiger partial charge < -0.3 is 10.6 Å². The van der Waals surface area contributed by atoms with Crippen LogP contribution in [-0.4, -0.2) is 16.8 Å². The van der Waals surface area contributed by atoms with E-state index in [-0.39, 0.29) is 5.91 Å². The summed E-state index contributed by atoms with van der Waals surface area (Å²) < 4.78 is 0. The van der Waals surface area contributed by atoms with E-state index in [9.17, 15) is 4.79 Å². The summed E-state index contributed by atoms with van der Waals surface area (Å²) in [6, 6.07) is 32.5. The van der Waals surface area contributed by atoms with Crippen molar-refractivity contribution < 1.29 is 4.79 Å². The van der Waals surface area contributed by atoms with Crippen LogP contribution in [0.1, 0.15) is 16.7 Å². The molecule has 4 nitrogen and oxygen atoms in total. The van der Waals surface area contributed by atoms with E-state index < -0.39 is 0 Å². The van der Waals surface area contributed by atoms with Crippen LogP contribution >= 0.6 is 24.0 Å². The van der Waals surface area contributed by atoms with E-state index in [1.807, 2.05) is 89.8 Å². The number of nitrogens with one attached hydrogen (secondary N) is 2. The molecule has 0 bridgehead atoms. The van der Waals surface area contributed by atoms with Crippen LogP contribution in [0, 0.1) is 6.92 Å². The molecule has 4 aromatic rings. The molecule has 0 aliphatic carbocycles. The van der Waals surface area contributed by atoms with E-state index in [0.29, 0.717) is 10.9 Å². The highest BCUT2D eigenvalue weighted by Gasteiger charge is 2.25. The van der Waals surface area contributed by atoms with E-state index in [1.54, 1.807) is 0 Å². The number of nitrogens with zero attached hydrogens (tertiary/aromatic N) is 1. The number of hydrogen-bond donors (Lipinski definition) is 2. The standard InChI is InChI=1S/C30H27N3OS2/c1-21-13-17-24(18-14-21)31-30(35)32-25-9-6-10-26(19-25)36-20-29(34)33-27-11-4-2-7-22(27)15-16-23-8-3-5-12-28(23)33/h2-14,17-19H,15-16,20H2,1H3,(H2,31,32,35). The van der Waals surface area contributed by atoms with Crippen molar-refractivity contribution in [2.24, 2.45) is 0 Å². The minimum absolute atomic E-state index is 0.0664. The highest BCUT2D eigenvalue weighted by Crippen LogP contribution is 2.37. The number of thiocarbonyl (C=S) groups is 1. The number of carbonyl (C=O) groups excluding carboxylic acids is 1. The first-order valence-electron chi connectivity index (χ1n) is 11.9. The maximum absolute atomic E-state index is 13.6. The molecule has 5 rings (SSSR count). The molecular formula is C30H27N3OS2. The van der Waals surface area contributed by atoms with Gasteiger partial charge in [-0.2, -0.15) is 0 Å². The Morgan fingerprint density at radius 3 is 2.08 bits per heavy atom. The third kappa shape index (κ3) is 5.61. The lowest BCUT2D eigenvalue weighted by Gasteiger charge is -2.25. The molecule has 0 atom stereocenters. The molecule has 0 radical (unpaired) electrons. The van der Waals surface area contributed by atoms with Crippen molar-refractivity contribution >= 4 is 57.7 Å². The molecule has 0 unspecified atom stereocenters. The van der Waals surface area contributed by atoms with Gasteiger partial charge in [-0.15, -0.1) is 11.8 Å². The summed E-state index contributed by atoms with van der Waals surface area (Å²) >= 11 is 7.01. The molecule has 0 saturated carbocycles. The van der Waals surface area contributed by atoms with Crippen LogP contribution in [0.25, 0.3) is 0 Å². The van der Waals surface area contributed by atoms with E-state index in [1.165, 1.54) is 28.5 Å². The van der Waals surface area contributed by atoms with Crippen molar-refractivity contribution in [2.45, 2.75) is 24.7 Å². The molecule has 0 spiro atoms. The Balaban J connectivity index is 1.28. The molecular weight excluding hydrogens is 482 g/mol. The number of carbonyl (C=O) groups is 1. The van der Waals surface area contributed by atoms with E-state index in [2.05, 4.69) is 29.7 Å². The number of aryl methyl sites for hydroxylation is 3. The third-order valence-corrected chi connectivity index (χ3v) is 7.32. The minimum atomic E-state index is 0.0664. The van der Waals surface area contributed by atoms with Crippen molar-refractivity contribution in [2.75, 3.05) is 21.3 Å². The van der Waals surface area contributed by atoms with Gasteiger partial charge in [-0.1, -0.05) is 60.2 Å². The highest BCUT2D eigenvalue weighted by atomic mass is 32.2. The predicted molar refractivity (Wildman–Crippen MR) is 156 cm³/mol. The molecule has 4 aromatic carbocycles. The minimum Gasteiger partial charge on any atom is -0.332 e. The fraction of sp³-hybridized carbons (Fsp3) is 0.133. The SMILES string of the molecule is Cc1ccc(NC(=S)Nc2cccc(SCC(=O)N3c4ccccc4CCc4ccccc43)c2)cc1. The Hall–Kier alpha value is -3.61. The van der Waals surface area contributed by atoms with Gasteiger partial charge in [0.25, 0.3) is 0 Å². The number of fused-ring (bicyclic) bond motifs is 2. The Morgan fingerprint density at radius 2 is 1.42 bits per heavy atom. The van der Waals surface area contributed by atoms with Gasteiger partial charge in [0.2, 0.25) is 5.91 Å². The van der Waals surface area contributed by atoms with E-state index in [4.69, 9.17) is 12.2 Å². The zero-order valence-electron chi connectivity index (χ0n) is 20.0. The normalized spacial score (nSPS) is 12.2. The van der Waals surface area contributed by atoms with Crippen LogP contribution in [0.2, 0.25) is 0 Å². The zero-order valence-corrected chi connectivity index (χ0v) is 21.7. The molecule has 180 valence electrons. The molecule has 2 N–H and O–H groups in total. The molecule has 0 saturated heterocycles. The Bertz CT molecular complexity index is 1350. The van der Waals surface area contributed by atoms with Crippen LogP contribution in [0.5, 0.6) is 0 Å². The summed E-state index contributed by atoms with van der Waals surface area (Å²) in [5, 5.41) is 6.97. The summed E-state index contributed by atoms with van der Waals surface area (Å²) in [6.45, 7) is 2.05. The molecule has 1 aliphatic heterocycles. The van der Waals surface area contributed by atoms with E-state index in [0.717, 1.165) is 40.5 Å². The van der Waals surface area contributed by atoms with Gasteiger partial charge in [0, 0.05) is 16.3 Å². The summed E-state index contributed by atoms with van der Waals surface area (Å²) in [5.41, 5.74) is 7.38. The average molecular weight is 510 g/mol. The second-order valence-corrected chi connectivity index (χ2v) is 10.2. The second kappa shape index (κ2) is 11.0. The number of rotatable bonds is 5. The van der Waals surface area contributed by atoms with Gasteiger partial charge in [-0.3, -0.25) is 9.69 Å². The van der Waals surface area contributed by atoms with Crippen LogP contribution in [-0.2, 0) is 17.6 Å². The topological polar surface area (TPSA) is 44.4 Å². The van der Waals surface area contributed by atoms with Gasteiger partial charge in [-0.25, -0.2) is 0 Å². The van der Waals surface area contributed by atoms with Gasteiger partial charge in [-0.05, 0) is 85.6 Å². The fourth-order valence-corrected chi connectivity index (χ4v) is 5.39. The Kier molecular flexibility index (Phi) is 7.35. The summed E-state index contributed by atoms with van der Waals surface area (Å²) in [4.78, 5) is 16.5. The van der Waals surface area contributed by atoms with Gasteiger partial charge >= 0.3 is 0 Å². The number of para-hydroxylation sites is 2. The Morgan fingerprint density at radius 1 is 0.806 bits per heavy atom. The van der Waals surface area contributed by atoms with Crippen molar-refractivity contribution in [1.29, 1.82) is 0 Å². The number of thioether (sulfide) groups is 1. The first kappa shape index (κ1) is 24.1. The monoisotopic (exact) mass is 509 g/mol. The maximum Gasteiger partial charge on any atom is 0.241 e. The Labute approximate surface area is 221 Å². The largest absolute Gasteiger partial charge is 0.332 e. The first-order chi connectivity index (χ1) is 17.6. The molecule has 36 heavy (non-hydrogen) atoms. The zero-order chi connectivity index (χ0) is 24.9.